The molecule has 0 saturated carbocycles. The number of nitro benzene ring substituents is 1. The molecule has 0 amide bonds. The number of rotatable bonds is 1. The number of benzene rings is 1. The van der Waals surface area contributed by atoms with Gasteiger partial charge >= 0.3 is 0 Å². The summed E-state index contributed by atoms with van der Waals surface area (Å²) in [7, 11) is 0. The molecule has 0 spiro atoms. The molecule has 5 heteroatoms. The van der Waals surface area contributed by atoms with E-state index in [-0.39, 0.29) is 5.69 Å². The van der Waals surface area contributed by atoms with Gasteiger partial charge in [0.15, 0.2) is 0 Å². The third-order valence-corrected chi connectivity index (χ3v) is 1.68. The Morgan fingerprint density at radius 1 is 1.57 bits per heavy atom. The second-order valence-corrected chi connectivity index (χ2v) is 2.81. The van der Waals surface area contributed by atoms with Crippen LogP contribution in [0.4, 0.5) is 11.4 Å². The highest BCUT2D eigenvalue weighted by Crippen LogP contribution is 2.19. The van der Waals surface area contributed by atoms with Crippen LogP contribution >= 0.6 is 12.6 Å². The van der Waals surface area contributed by atoms with Gasteiger partial charge in [0, 0.05) is 11.8 Å². The third-order valence-electron chi connectivity index (χ3n) is 1.52. The van der Waals surface area contributed by atoms with E-state index in [9.17, 15) is 10.1 Å². The van der Waals surface area contributed by atoms with Gasteiger partial charge < -0.3 is 5.73 Å². The Morgan fingerprint density at radius 2 is 2.29 bits per heavy atom. The maximum Gasteiger partial charge on any atom is 0.285 e. The standard InChI is InChI=1S/C9H8N2O2S/c10-8-3-4-9(11(12)13)7(6-8)2-1-5-14/h3-4,6,14H,5,10H2. The van der Waals surface area contributed by atoms with E-state index in [1.807, 2.05) is 0 Å². The summed E-state index contributed by atoms with van der Waals surface area (Å²) in [5.74, 6) is 5.63. The van der Waals surface area contributed by atoms with E-state index in [2.05, 4.69) is 24.5 Å². The summed E-state index contributed by atoms with van der Waals surface area (Å²) in [6, 6.07) is 4.30. The van der Waals surface area contributed by atoms with Crippen LogP contribution in [0.3, 0.4) is 0 Å². The Balaban J connectivity index is 3.22. The molecule has 0 fully saturated rings. The van der Waals surface area contributed by atoms with Gasteiger partial charge in [0.05, 0.1) is 10.7 Å². The van der Waals surface area contributed by atoms with E-state index in [4.69, 9.17) is 5.73 Å². The minimum Gasteiger partial charge on any atom is -0.399 e. The van der Waals surface area contributed by atoms with Gasteiger partial charge in [-0.25, -0.2) is 0 Å². The van der Waals surface area contributed by atoms with Gasteiger partial charge in [-0.2, -0.15) is 12.6 Å². The van der Waals surface area contributed by atoms with Gasteiger partial charge in [-0.15, -0.1) is 0 Å². The summed E-state index contributed by atoms with van der Waals surface area (Å²) >= 11 is 3.89. The van der Waals surface area contributed by atoms with Crippen molar-refractivity contribution in [2.24, 2.45) is 0 Å². The molecule has 0 aromatic heterocycles. The van der Waals surface area contributed by atoms with Crippen LogP contribution < -0.4 is 5.73 Å². The number of thiol groups is 1. The molecule has 4 nitrogen and oxygen atoms in total. The Kier molecular flexibility index (Phi) is 3.37. The van der Waals surface area contributed by atoms with Crippen LogP contribution in [0.2, 0.25) is 0 Å². The average molecular weight is 208 g/mol. The van der Waals surface area contributed by atoms with Crippen molar-refractivity contribution in [1.82, 2.24) is 0 Å². The van der Waals surface area contributed by atoms with E-state index >= 15 is 0 Å². The number of nitrogens with two attached hydrogens (primary N) is 1. The maximum atomic E-state index is 10.6. The number of hydrogen-bond donors (Lipinski definition) is 2. The molecule has 1 aromatic rings. The summed E-state index contributed by atoms with van der Waals surface area (Å²) in [6.07, 6.45) is 0. The Labute approximate surface area is 86.7 Å². The van der Waals surface area contributed by atoms with Crippen molar-refractivity contribution in [2.75, 3.05) is 11.5 Å². The number of nitrogens with zero attached hydrogens (tertiary/aromatic N) is 1. The van der Waals surface area contributed by atoms with E-state index < -0.39 is 4.92 Å². The summed E-state index contributed by atoms with van der Waals surface area (Å²) in [5.41, 5.74) is 6.24. The van der Waals surface area contributed by atoms with E-state index in [1.54, 1.807) is 0 Å². The number of hydrogen-bond acceptors (Lipinski definition) is 4. The second kappa shape index (κ2) is 4.53. The smallest absolute Gasteiger partial charge is 0.285 e. The van der Waals surface area contributed by atoms with Crippen molar-refractivity contribution >= 4 is 24.0 Å². The average Bonchev–Trinajstić information content (AvgIpc) is 2.14. The second-order valence-electron chi connectivity index (χ2n) is 2.49. The first-order chi connectivity index (χ1) is 6.65. The first-order valence-corrected chi connectivity index (χ1v) is 4.42. The van der Waals surface area contributed by atoms with Crippen molar-refractivity contribution in [3.05, 3.63) is 33.9 Å². The normalized spacial score (nSPS) is 8.93. The fourth-order valence-electron chi connectivity index (χ4n) is 0.948. The van der Waals surface area contributed by atoms with Crippen LogP contribution in [-0.4, -0.2) is 10.7 Å². The largest absolute Gasteiger partial charge is 0.399 e. The summed E-state index contributed by atoms with van der Waals surface area (Å²) in [4.78, 5) is 10.1. The lowest BCUT2D eigenvalue weighted by atomic mass is 10.1. The number of nitrogen functional groups attached to an aromatic ring is 1. The van der Waals surface area contributed by atoms with Gasteiger partial charge in [-0.05, 0) is 12.1 Å². The lowest BCUT2D eigenvalue weighted by Gasteiger charge is -1.96. The highest BCUT2D eigenvalue weighted by atomic mass is 32.1. The van der Waals surface area contributed by atoms with Crippen molar-refractivity contribution < 1.29 is 4.92 Å². The summed E-state index contributed by atoms with van der Waals surface area (Å²) in [5, 5.41) is 10.6. The molecule has 0 aliphatic carbocycles. The highest BCUT2D eigenvalue weighted by Gasteiger charge is 2.10. The predicted octanol–water partition coefficient (Wildman–Crippen LogP) is 1.46. The van der Waals surface area contributed by atoms with Crippen molar-refractivity contribution in [3.63, 3.8) is 0 Å². The first kappa shape index (κ1) is 10.4. The molecule has 14 heavy (non-hydrogen) atoms. The quantitative estimate of drug-likeness (QED) is 0.241. The van der Waals surface area contributed by atoms with Crippen LogP contribution in [0, 0.1) is 22.0 Å². The van der Waals surface area contributed by atoms with Crippen molar-refractivity contribution in [1.29, 1.82) is 0 Å². The zero-order valence-electron chi connectivity index (χ0n) is 7.23. The summed E-state index contributed by atoms with van der Waals surface area (Å²) in [6.45, 7) is 0. The van der Waals surface area contributed by atoms with Gasteiger partial charge in [0.25, 0.3) is 5.69 Å². The van der Waals surface area contributed by atoms with E-state index in [1.165, 1.54) is 18.2 Å². The lowest BCUT2D eigenvalue weighted by Crippen LogP contribution is -1.94. The Hall–Kier alpha value is -1.67. The van der Waals surface area contributed by atoms with Crippen molar-refractivity contribution in [3.8, 4) is 11.8 Å². The summed E-state index contributed by atoms with van der Waals surface area (Å²) < 4.78 is 0. The molecular weight excluding hydrogens is 200 g/mol. The zero-order chi connectivity index (χ0) is 10.6. The Bertz CT molecular complexity index is 421. The fraction of sp³-hybridized carbons (Fsp3) is 0.111. The SMILES string of the molecule is Nc1ccc([N+](=O)[O-])c(C#CCS)c1. The van der Waals surface area contributed by atoms with E-state index in [0.717, 1.165) is 0 Å². The van der Waals surface area contributed by atoms with Crippen LogP contribution in [0.15, 0.2) is 18.2 Å². The maximum absolute atomic E-state index is 10.6. The molecule has 2 N–H and O–H groups in total. The molecular formula is C9H8N2O2S. The van der Waals surface area contributed by atoms with Crippen molar-refractivity contribution in [2.45, 2.75) is 0 Å². The topological polar surface area (TPSA) is 69.2 Å². The first-order valence-electron chi connectivity index (χ1n) is 3.79. The van der Waals surface area contributed by atoms with Crippen LogP contribution in [0.5, 0.6) is 0 Å². The van der Waals surface area contributed by atoms with Gasteiger partial charge in [0.1, 0.15) is 5.56 Å². The lowest BCUT2D eigenvalue weighted by molar-refractivity contribution is -0.385. The molecule has 0 aliphatic heterocycles. The van der Waals surface area contributed by atoms with Gasteiger partial charge in [-0.3, -0.25) is 10.1 Å². The van der Waals surface area contributed by atoms with Crippen LogP contribution in [-0.2, 0) is 0 Å². The van der Waals surface area contributed by atoms with Crippen LogP contribution in [0.1, 0.15) is 5.56 Å². The Morgan fingerprint density at radius 3 is 2.86 bits per heavy atom. The van der Waals surface area contributed by atoms with Crippen LogP contribution in [0.25, 0.3) is 0 Å². The monoisotopic (exact) mass is 208 g/mol. The molecule has 0 aliphatic rings. The molecule has 0 atom stereocenters. The molecule has 0 bridgehead atoms. The predicted molar refractivity (Wildman–Crippen MR) is 58.2 cm³/mol. The van der Waals surface area contributed by atoms with Gasteiger partial charge in [0.2, 0.25) is 0 Å². The molecule has 0 unspecified atom stereocenters. The molecule has 0 heterocycles. The zero-order valence-corrected chi connectivity index (χ0v) is 8.12. The molecule has 0 saturated heterocycles. The number of anilines is 1. The third kappa shape index (κ3) is 2.41. The van der Waals surface area contributed by atoms with Gasteiger partial charge in [-0.1, -0.05) is 11.8 Å². The molecule has 1 rings (SSSR count). The minimum absolute atomic E-state index is 0.0338. The number of nitro groups is 1. The molecule has 0 radical (unpaired) electrons. The fourth-order valence-corrected chi connectivity index (χ4v) is 1.03. The highest BCUT2D eigenvalue weighted by molar-refractivity contribution is 7.80. The van der Waals surface area contributed by atoms with E-state index in [0.29, 0.717) is 17.0 Å². The minimum atomic E-state index is -0.484. The molecule has 1 aromatic carbocycles. The molecule has 72 valence electrons.